The molecule has 0 spiro atoms. The first kappa shape index (κ1) is 16.9. The van der Waals surface area contributed by atoms with E-state index in [0.29, 0.717) is 24.2 Å². The van der Waals surface area contributed by atoms with Gasteiger partial charge in [0, 0.05) is 37.4 Å². The molecule has 2 aliphatic rings. The Hall–Kier alpha value is -3.21. The average Bonchev–Trinajstić information content (AvgIpc) is 3.29. The Balaban J connectivity index is 1.32. The number of anilines is 1. The van der Waals surface area contributed by atoms with Crippen molar-refractivity contribution < 1.29 is 0 Å². The summed E-state index contributed by atoms with van der Waals surface area (Å²) >= 11 is 0. The van der Waals surface area contributed by atoms with Gasteiger partial charge in [-0.2, -0.15) is 5.26 Å². The lowest BCUT2D eigenvalue weighted by Gasteiger charge is -2.32. The first-order valence-corrected chi connectivity index (χ1v) is 9.83. The van der Waals surface area contributed by atoms with Crippen LogP contribution in [0.4, 0.5) is 5.82 Å². The summed E-state index contributed by atoms with van der Waals surface area (Å²) < 4.78 is 4.43. The fraction of sp³-hybridized carbons (Fsp3) is 0.450. The van der Waals surface area contributed by atoms with Crippen LogP contribution in [0.25, 0.3) is 0 Å². The van der Waals surface area contributed by atoms with Crippen molar-refractivity contribution in [2.45, 2.75) is 44.2 Å². The molecular weight excluding hydrogens is 352 g/mol. The summed E-state index contributed by atoms with van der Waals surface area (Å²) in [6.45, 7) is 2.55. The number of pyridine rings is 1. The summed E-state index contributed by atoms with van der Waals surface area (Å²) in [5.41, 5.74) is 0.470. The normalized spacial score (nSPS) is 17.6. The van der Waals surface area contributed by atoms with Gasteiger partial charge >= 0.3 is 0 Å². The molecule has 4 heterocycles. The van der Waals surface area contributed by atoms with Gasteiger partial charge in [0.25, 0.3) is 0 Å². The van der Waals surface area contributed by atoms with E-state index in [1.807, 2.05) is 29.2 Å². The third-order valence-electron chi connectivity index (χ3n) is 5.62. The monoisotopic (exact) mass is 374 g/mol. The largest absolute Gasteiger partial charge is 0.357 e. The third kappa shape index (κ3) is 3.24. The standard InChI is InChI=1S/C20H22N8/c21-12-16-2-1-3-18(23-16)27-9-6-15(7-10-27)20-25-24-19(28(20)17-4-5-17)13-26-11-8-22-14-26/h1-3,8,11,14-15,17H,4-7,9-10,13H2. The average molecular weight is 374 g/mol. The number of hydrogen-bond donors (Lipinski definition) is 0. The van der Waals surface area contributed by atoms with Gasteiger partial charge in [0.15, 0.2) is 5.82 Å². The molecule has 1 aliphatic carbocycles. The van der Waals surface area contributed by atoms with E-state index in [1.165, 1.54) is 12.8 Å². The minimum atomic E-state index is 0.417. The Bertz CT molecular complexity index is 988. The van der Waals surface area contributed by atoms with Gasteiger partial charge in [-0.25, -0.2) is 9.97 Å². The molecular formula is C20H22N8. The summed E-state index contributed by atoms with van der Waals surface area (Å²) in [6.07, 6.45) is 10.1. The zero-order chi connectivity index (χ0) is 18.9. The zero-order valence-corrected chi connectivity index (χ0v) is 15.6. The second-order valence-corrected chi connectivity index (χ2v) is 7.56. The van der Waals surface area contributed by atoms with Crippen molar-refractivity contribution in [2.75, 3.05) is 18.0 Å². The van der Waals surface area contributed by atoms with Gasteiger partial charge in [-0.1, -0.05) is 6.07 Å². The second kappa shape index (κ2) is 7.08. The number of hydrogen-bond acceptors (Lipinski definition) is 6. The van der Waals surface area contributed by atoms with E-state index in [9.17, 15) is 0 Å². The van der Waals surface area contributed by atoms with Crippen LogP contribution in [-0.4, -0.2) is 42.4 Å². The highest BCUT2D eigenvalue weighted by Crippen LogP contribution is 2.40. The predicted octanol–water partition coefficient (Wildman–Crippen LogP) is 2.51. The van der Waals surface area contributed by atoms with Crippen LogP contribution in [0.5, 0.6) is 0 Å². The van der Waals surface area contributed by atoms with Gasteiger partial charge in [-0.3, -0.25) is 0 Å². The summed E-state index contributed by atoms with van der Waals surface area (Å²) in [6, 6.07) is 8.31. The van der Waals surface area contributed by atoms with E-state index in [2.05, 4.69) is 35.7 Å². The minimum absolute atomic E-state index is 0.417. The van der Waals surface area contributed by atoms with E-state index < -0.39 is 0 Å². The first-order valence-electron chi connectivity index (χ1n) is 9.83. The molecule has 0 aromatic carbocycles. The molecule has 3 aromatic rings. The van der Waals surface area contributed by atoms with Crippen LogP contribution < -0.4 is 4.90 Å². The quantitative estimate of drug-likeness (QED) is 0.682. The van der Waals surface area contributed by atoms with Crippen molar-refractivity contribution in [3.8, 4) is 6.07 Å². The third-order valence-corrected chi connectivity index (χ3v) is 5.62. The molecule has 28 heavy (non-hydrogen) atoms. The Kier molecular flexibility index (Phi) is 4.28. The molecule has 0 unspecified atom stereocenters. The van der Waals surface area contributed by atoms with Crippen molar-refractivity contribution in [1.29, 1.82) is 5.26 Å². The molecule has 0 amide bonds. The van der Waals surface area contributed by atoms with Gasteiger partial charge in [0.1, 0.15) is 23.4 Å². The molecule has 142 valence electrons. The Labute approximate surface area is 163 Å². The number of nitrogens with zero attached hydrogens (tertiary/aromatic N) is 8. The highest BCUT2D eigenvalue weighted by molar-refractivity contribution is 5.42. The Morgan fingerprint density at radius 2 is 1.96 bits per heavy atom. The predicted molar refractivity (Wildman–Crippen MR) is 103 cm³/mol. The van der Waals surface area contributed by atoms with Gasteiger partial charge in [-0.05, 0) is 37.8 Å². The number of piperidine rings is 1. The topological polar surface area (TPSA) is 88.5 Å². The molecule has 0 N–H and O–H groups in total. The van der Waals surface area contributed by atoms with Crippen molar-refractivity contribution >= 4 is 5.82 Å². The maximum absolute atomic E-state index is 9.08. The lowest BCUT2D eigenvalue weighted by atomic mass is 9.95. The molecule has 1 saturated heterocycles. The van der Waals surface area contributed by atoms with Crippen LogP contribution in [0.3, 0.4) is 0 Å². The van der Waals surface area contributed by atoms with Crippen molar-refractivity contribution in [1.82, 2.24) is 29.3 Å². The molecule has 1 saturated carbocycles. The van der Waals surface area contributed by atoms with E-state index in [1.54, 1.807) is 12.3 Å². The Morgan fingerprint density at radius 3 is 2.68 bits per heavy atom. The van der Waals surface area contributed by atoms with E-state index in [0.717, 1.165) is 43.4 Å². The SMILES string of the molecule is N#Cc1cccc(N2CCC(c3nnc(Cn4ccnc4)n3C3CC3)CC2)n1. The fourth-order valence-corrected chi connectivity index (χ4v) is 4.03. The molecule has 1 aliphatic heterocycles. The smallest absolute Gasteiger partial charge is 0.153 e. The van der Waals surface area contributed by atoms with Gasteiger partial charge in [0.2, 0.25) is 0 Å². The van der Waals surface area contributed by atoms with Crippen LogP contribution in [0.2, 0.25) is 0 Å². The molecule has 8 nitrogen and oxygen atoms in total. The minimum Gasteiger partial charge on any atom is -0.357 e. The van der Waals surface area contributed by atoms with Gasteiger partial charge in [-0.15, -0.1) is 10.2 Å². The highest BCUT2D eigenvalue weighted by atomic mass is 15.3. The second-order valence-electron chi connectivity index (χ2n) is 7.56. The van der Waals surface area contributed by atoms with Crippen molar-refractivity contribution in [3.63, 3.8) is 0 Å². The van der Waals surface area contributed by atoms with Crippen LogP contribution in [0.15, 0.2) is 36.9 Å². The number of nitriles is 1. The molecule has 2 fully saturated rings. The molecule has 0 bridgehead atoms. The lowest BCUT2D eigenvalue weighted by molar-refractivity contribution is 0.459. The lowest BCUT2D eigenvalue weighted by Crippen LogP contribution is -2.34. The van der Waals surface area contributed by atoms with E-state index in [4.69, 9.17) is 5.26 Å². The summed E-state index contributed by atoms with van der Waals surface area (Å²) in [7, 11) is 0. The first-order chi connectivity index (χ1) is 13.8. The van der Waals surface area contributed by atoms with Crippen LogP contribution in [-0.2, 0) is 6.54 Å². The molecule has 3 aromatic heterocycles. The molecule has 0 radical (unpaired) electrons. The molecule has 8 heteroatoms. The van der Waals surface area contributed by atoms with E-state index in [-0.39, 0.29) is 0 Å². The van der Waals surface area contributed by atoms with Crippen molar-refractivity contribution in [2.24, 2.45) is 0 Å². The Morgan fingerprint density at radius 1 is 1.11 bits per heavy atom. The number of imidazole rings is 1. The van der Waals surface area contributed by atoms with E-state index >= 15 is 0 Å². The highest BCUT2D eigenvalue weighted by Gasteiger charge is 2.33. The maximum Gasteiger partial charge on any atom is 0.153 e. The molecule has 0 atom stereocenters. The summed E-state index contributed by atoms with van der Waals surface area (Å²) in [5.74, 6) is 3.47. The van der Waals surface area contributed by atoms with Gasteiger partial charge < -0.3 is 14.0 Å². The summed E-state index contributed by atoms with van der Waals surface area (Å²) in [4.78, 5) is 10.8. The van der Waals surface area contributed by atoms with Gasteiger partial charge in [0.05, 0.1) is 12.9 Å². The van der Waals surface area contributed by atoms with Crippen LogP contribution in [0, 0.1) is 11.3 Å². The zero-order valence-electron chi connectivity index (χ0n) is 15.6. The maximum atomic E-state index is 9.08. The van der Waals surface area contributed by atoms with Crippen LogP contribution >= 0.6 is 0 Å². The summed E-state index contributed by atoms with van der Waals surface area (Å²) in [5, 5.41) is 18.2. The van der Waals surface area contributed by atoms with Crippen LogP contribution in [0.1, 0.15) is 55.0 Å². The molecule has 5 rings (SSSR count). The number of aromatic nitrogens is 6. The number of rotatable bonds is 5. The fourth-order valence-electron chi connectivity index (χ4n) is 4.03. The van der Waals surface area contributed by atoms with Crippen molar-refractivity contribution in [3.05, 3.63) is 54.3 Å².